The monoisotopic (exact) mass is 298 g/mol. The fourth-order valence-electron chi connectivity index (χ4n) is 1.53. The van der Waals surface area contributed by atoms with Crippen molar-refractivity contribution in [3.63, 3.8) is 0 Å². The first-order chi connectivity index (χ1) is 8.90. The molecule has 1 N–H and O–H groups in total. The van der Waals surface area contributed by atoms with Crippen molar-refractivity contribution in [2.24, 2.45) is 7.05 Å². The highest BCUT2D eigenvalue weighted by Gasteiger charge is 2.17. The van der Waals surface area contributed by atoms with Gasteiger partial charge in [0.2, 0.25) is 5.56 Å². The normalized spacial score (nSPS) is 11.3. The van der Waals surface area contributed by atoms with Crippen LogP contribution >= 0.6 is 11.6 Å². The highest BCUT2D eigenvalue weighted by molar-refractivity contribution is 7.92. The van der Waals surface area contributed by atoms with Gasteiger partial charge in [-0.2, -0.15) is 0 Å². The Balaban J connectivity index is 2.39. The largest absolute Gasteiger partial charge is 0.316 e. The van der Waals surface area contributed by atoms with Crippen LogP contribution in [0, 0.1) is 0 Å². The van der Waals surface area contributed by atoms with Crippen LogP contribution in [0.5, 0.6) is 0 Å². The number of halogens is 1. The molecule has 1 aromatic heterocycles. The molecule has 19 heavy (non-hydrogen) atoms. The summed E-state index contributed by atoms with van der Waals surface area (Å²) >= 11 is 5.86. The molecular formula is C12H11ClN2O3S. The van der Waals surface area contributed by atoms with E-state index >= 15 is 0 Å². The molecule has 0 bridgehead atoms. The van der Waals surface area contributed by atoms with Gasteiger partial charge in [-0.15, -0.1) is 0 Å². The molecule has 100 valence electrons. The Bertz CT molecular complexity index is 769. The van der Waals surface area contributed by atoms with Crippen molar-refractivity contribution in [3.05, 3.63) is 58.0 Å². The van der Waals surface area contributed by atoms with Crippen LogP contribution in [0.25, 0.3) is 0 Å². The Hall–Kier alpha value is -1.79. The molecule has 0 atom stereocenters. The second-order valence-electron chi connectivity index (χ2n) is 3.90. The smallest absolute Gasteiger partial charge is 0.263 e. The topological polar surface area (TPSA) is 68.2 Å². The Kier molecular flexibility index (Phi) is 3.64. The number of hydrogen-bond donors (Lipinski definition) is 1. The van der Waals surface area contributed by atoms with E-state index in [1.807, 2.05) is 0 Å². The summed E-state index contributed by atoms with van der Waals surface area (Å²) in [6.45, 7) is 0. The van der Waals surface area contributed by atoms with E-state index < -0.39 is 10.0 Å². The number of anilines is 1. The summed E-state index contributed by atoms with van der Waals surface area (Å²) in [5.74, 6) is 0. The molecule has 0 aliphatic carbocycles. The van der Waals surface area contributed by atoms with Crippen LogP contribution in [-0.4, -0.2) is 13.0 Å². The lowest BCUT2D eigenvalue weighted by Crippen LogP contribution is -2.18. The molecule has 5 nitrogen and oxygen atoms in total. The molecule has 0 saturated carbocycles. The maximum absolute atomic E-state index is 12.1. The van der Waals surface area contributed by atoms with Crippen molar-refractivity contribution in [2.75, 3.05) is 4.72 Å². The number of nitrogens with zero attached hydrogens (tertiary/aromatic N) is 1. The van der Waals surface area contributed by atoms with Gasteiger partial charge >= 0.3 is 0 Å². The second-order valence-corrected chi connectivity index (χ2v) is 5.96. The average Bonchev–Trinajstić information content (AvgIpc) is 2.34. The predicted molar refractivity (Wildman–Crippen MR) is 73.9 cm³/mol. The van der Waals surface area contributed by atoms with Crippen molar-refractivity contribution in [3.8, 4) is 0 Å². The quantitative estimate of drug-likeness (QED) is 0.940. The molecule has 1 aromatic carbocycles. The summed E-state index contributed by atoms with van der Waals surface area (Å²) in [4.78, 5) is 11.2. The van der Waals surface area contributed by atoms with Gasteiger partial charge in [-0.25, -0.2) is 8.42 Å². The molecule has 0 fully saturated rings. The zero-order chi connectivity index (χ0) is 14.0. The lowest BCUT2D eigenvalue weighted by atomic mass is 10.4. The minimum Gasteiger partial charge on any atom is -0.316 e. The first-order valence-corrected chi connectivity index (χ1v) is 7.20. The maximum atomic E-state index is 12.1. The molecule has 2 rings (SSSR count). The zero-order valence-electron chi connectivity index (χ0n) is 10.00. The molecular weight excluding hydrogens is 288 g/mol. The molecule has 2 aromatic rings. The van der Waals surface area contributed by atoms with Crippen molar-refractivity contribution >= 4 is 27.3 Å². The molecule has 1 heterocycles. The molecule has 0 amide bonds. The fraction of sp³-hybridized carbons (Fsp3) is 0.0833. The Morgan fingerprint density at radius 1 is 1.16 bits per heavy atom. The first kappa shape index (κ1) is 13.6. The van der Waals surface area contributed by atoms with E-state index in [4.69, 9.17) is 11.6 Å². The Labute approximate surface area is 115 Å². The molecule has 7 heteroatoms. The van der Waals surface area contributed by atoms with E-state index in [-0.39, 0.29) is 15.5 Å². The van der Waals surface area contributed by atoms with Crippen LogP contribution < -0.4 is 10.3 Å². The number of aromatic nitrogens is 1. The van der Waals surface area contributed by atoms with Gasteiger partial charge in [0.15, 0.2) is 0 Å². The number of hydrogen-bond acceptors (Lipinski definition) is 3. The number of aryl methyl sites for hydroxylation is 1. The summed E-state index contributed by atoms with van der Waals surface area (Å²) in [6, 6.07) is 8.82. The molecule has 0 unspecified atom stereocenters. The SMILES string of the molecule is Cn1cc(NS(=O)(=O)c2ccccc2Cl)ccc1=O. The minimum absolute atomic E-state index is 0.00878. The standard InChI is InChI=1S/C12H11ClN2O3S/c1-15-8-9(6-7-12(15)16)14-19(17,18)11-5-3-2-4-10(11)13/h2-8,14H,1H3. The molecule has 0 aliphatic rings. The molecule has 0 aliphatic heterocycles. The maximum Gasteiger partial charge on any atom is 0.263 e. The van der Waals surface area contributed by atoms with Gasteiger partial charge < -0.3 is 4.57 Å². The van der Waals surface area contributed by atoms with Crippen LogP contribution in [0.15, 0.2) is 52.3 Å². The average molecular weight is 299 g/mol. The number of benzene rings is 1. The van der Waals surface area contributed by atoms with Gasteiger partial charge in [-0.1, -0.05) is 23.7 Å². The Morgan fingerprint density at radius 3 is 2.47 bits per heavy atom. The van der Waals surface area contributed by atoms with Gasteiger partial charge in [-0.05, 0) is 18.2 Å². The van der Waals surface area contributed by atoms with E-state index in [2.05, 4.69) is 4.72 Å². The van der Waals surface area contributed by atoms with Gasteiger partial charge in [0.25, 0.3) is 10.0 Å². The number of pyridine rings is 1. The lowest BCUT2D eigenvalue weighted by Gasteiger charge is -2.09. The fourth-order valence-corrected chi connectivity index (χ4v) is 3.09. The highest BCUT2D eigenvalue weighted by Crippen LogP contribution is 2.22. The first-order valence-electron chi connectivity index (χ1n) is 5.34. The van der Waals surface area contributed by atoms with Crippen molar-refractivity contribution in [1.82, 2.24) is 4.57 Å². The van der Waals surface area contributed by atoms with Crippen LogP contribution in [0.4, 0.5) is 5.69 Å². The van der Waals surface area contributed by atoms with E-state index in [1.165, 1.54) is 42.1 Å². The summed E-state index contributed by atoms with van der Waals surface area (Å²) in [7, 11) is -2.23. The summed E-state index contributed by atoms with van der Waals surface area (Å²) in [6.07, 6.45) is 1.40. The summed E-state index contributed by atoms with van der Waals surface area (Å²) < 4.78 is 27.9. The van der Waals surface area contributed by atoms with Gasteiger partial charge in [-0.3, -0.25) is 9.52 Å². The van der Waals surface area contributed by atoms with Crippen molar-refractivity contribution in [1.29, 1.82) is 0 Å². The van der Waals surface area contributed by atoms with Crippen LogP contribution in [0.1, 0.15) is 0 Å². The number of rotatable bonds is 3. The van der Waals surface area contributed by atoms with Crippen molar-refractivity contribution in [2.45, 2.75) is 4.90 Å². The Morgan fingerprint density at radius 2 is 1.84 bits per heavy atom. The summed E-state index contributed by atoms with van der Waals surface area (Å²) in [5.41, 5.74) is 0.0720. The van der Waals surface area contributed by atoms with E-state index in [9.17, 15) is 13.2 Å². The highest BCUT2D eigenvalue weighted by atomic mass is 35.5. The lowest BCUT2D eigenvalue weighted by molar-refractivity contribution is 0.601. The third kappa shape index (κ3) is 2.97. The third-order valence-corrected chi connectivity index (χ3v) is 4.35. The van der Waals surface area contributed by atoms with Crippen LogP contribution in [0.2, 0.25) is 5.02 Å². The van der Waals surface area contributed by atoms with Gasteiger partial charge in [0, 0.05) is 19.3 Å². The third-order valence-electron chi connectivity index (χ3n) is 2.46. The van der Waals surface area contributed by atoms with Crippen LogP contribution in [0.3, 0.4) is 0 Å². The summed E-state index contributed by atoms with van der Waals surface area (Å²) in [5, 5.41) is 0.139. The minimum atomic E-state index is -3.77. The predicted octanol–water partition coefficient (Wildman–Crippen LogP) is 1.84. The van der Waals surface area contributed by atoms with Gasteiger partial charge in [0.05, 0.1) is 10.7 Å². The zero-order valence-corrected chi connectivity index (χ0v) is 11.6. The number of nitrogens with one attached hydrogen (secondary N) is 1. The molecule has 0 saturated heterocycles. The second kappa shape index (κ2) is 5.07. The van der Waals surface area contributed by atoms with Gasteiger partial charge in [0.1, 0.15) is 4.90 Å². The number of sulfonamides is 1. The van der Waals surface area contributed by atoms with E-state index in [0.717, 1.165) is 0 Å². The van der Waals surface area contributed by atoms with Crippen LogP contribution in [-0.2, 0) is 17.1 Å². The molecule has 0 radical (unpaired) electrons. The van der Waals surface area contributed by atoms with Crippen molar-refractivity contribution < 1.29 is 8.42 Å². The molecule has 0 spiro atoms. The van der Waals surface area contributed by atoms with E-state index in [1.54, 1.807) is 12.1 Å². The van der Waals surface area contributed by atoms with E-state index in [0.29, 0.717) is 5.69 Å².